The average molecular weight is 801 g/mol. The molecule has 0 saturated heterocycles. The number of carbonyl (C=O) groups excluding carboxylic acids is 7. The minimum atomic E-state index is -0.316. The largest absolute Gasteiger partial charge is 0.377 e. The normalized spacial score (nSPS) is 12.6. The number of amides is 6. The molecule has 0 aromatic carbocycles. The molecule has 0 bridgehead atoms. The van der Waals surface area contributed by atoms with Crippen LogP contribution in [-0.4, -0.2) is 127 Å². The van der Waals surface area contributed by atoms with Crippen molar-refractivity contribution in [3.05, 3.63) is 0 Å². The van der Waals surface area contributed by atoms with E-state index in [1.807, 2.05) is 13.8 Å². The fraction of sp³-hybridized carbons (Fsp3) is 0.821. The van der Waals surface area contributed by atoms with Crippen LogP contribution < -0.4 is 32.3 Å². The highest BCUT2D eigenvalue weighted by molar-refractivity contribution is 5.80. The Labute approximate surface area is 333 Å². The van der Waals surface area contributed by atoms with Crippen molar-refractivity contribution < 1.29 is 52.5 Å². The molecule has 17 nitrogen and oxygen atoms in total. The molecule has 0 aliphatic rings. The number of ketones is 1. The molecule has 17 heteroatoms. The minimum Gasteiger partial charge on any atom is -0.377 e. The van der Waals surface area contributed by atoms with Gasteiger partial charge in [-0.05, 0) is 51.9 Å². The van der Waals surface area contributed by atoms with E-state index >= 15 is 0 Å². The Morgan fingerprint density at radius 2 is 0.839 bits per heavy atom. The second-order valence-corrected chi connectivity index (χ2v) is 14.1. The van der Waals surface area contributed by atoms with Crippen molar-refractivity contribution in [1.82, 2.24) is 26.6 Å². The molecular weight excluding hydrogens is 728 g/mol. The molecule has 0 aromatic rings. The van der Waals surface area contributed by atoms with Crippen LogP contribution in [0.15, 0.2) is 0 Å². The maximum Gasteiger partial charge on any atom is 0.246 e. The van der Waals surface area contributed by atoms with Crippen LogP contribution in [0.2, 0.25) is 0 Å². The third-order valence-corrected chi connectivity index (χ3v) is 8.92. The van der Waals surface area contributed by atoms with Crippen LogP contribution in [0.4, 0.5) is 0 Å². The van der Waals surface area contributed by atoms with Crippen molar-refractivity contribution >= 4 is 41.2 Å². The number of nitrogens with one attached hydrogen (secondary N) is 5. The number of primary amides is 1. The molecule has 0 heterocycles. The number of rotatable bonds is 38. The second kappa shape index (κ2) is 35.7. The summed E-state index contributed by atoms with van der Waals surface area (Å²) in [4.78, 5) is 82.2. The Hall–Kier alpha value is -3.67. The Morgan fingerprint density at radius 1 is 0.446 bits per heavy atom. The molecule has 0 saturated carbocycles. The van der Waals surface area contributed by atoms with Crippen molar-refractivity contribution in [2.24, 2.45) is 23.5 Å². The summed E-state index contributed by atoms with van der Waals surface area (Å²) in [7, 11) is 0. The van der Waals surface area contributed by atoms with Crippen LogP contribution in [-0.2, 0) is 52.5 Å². The van der Waals surface area contributed by atoms with Gasteiger partial charge in [-0.15, -0.1) is 0 Å². The molecule has 6 amide bonds. The summed E-state index contributed by atoms with van der Waals surface area (Å²) in [6, 6.07) is 0. The summed E-state index contributed by atoms with van der Waals surface area (Å²) >= 11 is 0. The SMILES string of the molecule is CC(=O)[C@@H](C)CCCCNC(=O)[C@@H](C)CCCCNC(=O)CCCC(=O)NCCOCCOCC(=O)NCCOCCOCC(=O)NCCCC[C@H](C)C(N)=O. The third-order valence-electron chi connectivity index (χ3n) is 8.92. The van der Waals surface area contributed by atoms with Gasteiger partial charge in [-0.25, -0.2) is 0 Å². The van der Waals surface area contributed by atoms with Crippen molar-refractivity contribution in [3.63, 3.8) is 0 Å². The first kappa shape index (κ1) is 52.3. The smallest absolute Gasteiger partial charge is 0.246 e. The second-order valence-electron chi connectivity index (χ2n) is 14.1. The van der Waals surface area contributed by atoms with E-state index in [1.54, 1.807) is 13.8 Å². The van der Waals surface area contributed by atoms with Gasteiger partial charge in [-0.3, -0.25) is 33.6 Å². The molecular formula is C39H72N6O11. The lowest BCUT2D eigenvalue weighted by Gasteiger charge is -2.13. The number of Topliss-reactive ketones (excluding diaryl/α,β-unsaturated/α-hetero) is 1. The quantitative estimate of drug-likeness (QED) is 0.0487. The van der Waals surface area contributed by atoms with Gasteiger partial charge in [0.05, 0.1) is 39.6 Å². The Morgan fingerprint density at radius 3 is 1.32 bits per heavy atom. The molecule has 0 fully saturated rings. The molecule has 0 aliphatic carbocycles. The molecule has 56 heavy (non-hydrogen) atoms. The Kier molecular flexibility index (Phi) is 33.4. The van der Waals surface area contributed by atoms with Gasteiger partial charge >= 0.3 is 0 Å². The van der Waals surface area contributed by atoms with Crippen molar-refractivity contribution in [3.8, 4) is 0 Å². The van der Waals surface area contributed by atoms with Gasteiger partial charge < -0.3 is 51.3 Å². The van der Waals surface area contributed by atoms with E-state index in [1.165, 1.54) is 0 Å². The molecule has 0 spiro atoms. The highest BCUT2D eigenvalue weighted by Crippen LogP contribution is 2.10. The number of ether oxygens (including phenoxy) is 4. The first-order chi connectivity index (χ1) is 26.8. The summed E-state index contributed by atoms with van der Waals surface area (Å²) in [5.41, 5.74) is 5.22. The van der Waals surface area contributed by atoms with E-state index in [-0.39, 0.29) is 125 Å². The monoisotopic (exact) mass is 801 g/mol. The van der Waals surface area contributed by atoms with Gasteiger partial charge in [0.25, 0.3) is 0 Å². The number of hydrogen-bond donors (Lipinski definition) is 6. The zero-order valence-corrected chi connectivity index (χ0v) is 34.5. The van der Waals surface area contributed by atoms with Gasteiger partial charge in [-0.1, -0.05) is 40.0 Å². The van der Waals surface area contributed by atoms with Crippen LogP contribution in [0.5, 0.6) is 0 Å². The van der Waals surface area contributed by atoms with Crippen LogP contribution in [0.3, 0.4) is 0 Å². The number of unbranched alkanes of at least 4 members (excludes halogenated alkanes) is 3. The van der Waals surface area contributed by atoms with Gasteiger partial charge in [0.2, 0.25) is 35.4 Å². The molecule has 7 N–H and O–H groups in total. The maximum atomic E-state index is 12.2. The average Bonchev–Trinajstić information content (AvgIpc) is 3.15. The number of hydrogen-bond acceptors (Lipinski definition) is 11. The zero-order chi connectivity index (χ0) is 41.8. The van der Waals surface area contributed by atoms with Crippen molar-refractivity contribution in [2.75, 3.05) is 85.6 Å². The summed E-state index contributed by atoms with van der Waals surface area (Å²) in [5, 5.41) is 14.0. The third kappa shape index (κ3) is 33.6. The number of carbonyl (C=O) groups is 7. The van der Waals surface area contributed by atoms with E-state index in [9.17, 15) is 33.6 Å². The van der Waals surface area contributed by atoms with E-state index in [0.29, 0.717) is 45.6 Å². The molecule has 324 valence electrons. The molecule has 0 aromatic heterocycles. The molecule has 0 aliphatic heterocycles. The predicted molar refractivity (Wildman–Crippen MR) is 211 cm³/mol. The van der Waals surface area contributed by atoms with Gasteiger partial charge in [0, 0.05) is 63.3 Å². The molecule has 0 radical (unpaired) electrons. The van der Waals surface area contributed by atoms with E-state index in [4.69, 9.17) is 24.7 Å². The van der Waals surface area contributed by atoms with Gasteiger partial charge in [0.15, 0.2) is 0 Å². The summed E-state index contributed by atoms with van der Waals surface area (Å²) in [5.74, 6) is -1.06. The van der Waals surface area contributed by atoms with E-state index < -0.39 is 0 Å². The molecule has 3 atom stereocenters. The number of nitrogens with two attached hydrogens (primary N) is 1. The fourth-order valence-electron chi connectivity index (χ4n) is 5.03. The lowest BCUT2D eigenvalue weighted by Crippen LogP contribution is -2.32. The molecule has 0 unspecified atom stereocenters. The van der Waals surface area contributed by atoms with Crippen LogP contribution >= 0.6 is 0 Å². The lowest BCUT2D eigenvalue weighted by molar-refractivity contribution is -0.127. The highest BCUT2D eigenvalue weighted by Gasteiger charge is 2.13. The van der Waals surface area contributed by atoms with Crippen molar-refractivity contribution in [2.45, 2.75) is 105 Å². The van der Waals surface area contributed by atoms with Gasteiger partial charge in [-0.2, -0.15) is 0 Å². The topological polar surface area (TPSA) is 243 Å². The van der Waals surface area contributed by atoms with Gasteiger partial charge in [0.1, 0.15) is 19.0 Å². The minimum absolute atomic E-state index is 0.0322. The standard InChI is InChI=1S/C39H72N6O11/c1-30(33(4)46)12-5-10-19-45-39(52)32(3)14-7-9-17-41-34(47)15-11-16-35(48)43-20-22-53-24-27-56-29-37(50)44-21-23-54-25-26-55-28-36(49)42-18-8-6-13-31(2)38(40)51/h30-32H,5-29H2,1-4H3,(H2,40,51)(H,41,47)(H,42,49)(H,43,48)(H,44,50)(H,45,52)/t30-,31-,32-/m0/s1. The van der Waals surface area contributed by atoms with E-state index in [2.05, 4.69) is 26.6 Å². The summed E-state index contributed by atoms with van der Waals surface area (Å²) in [6.07, 6.45) is 8.12. The van der Waals surface area contributed by atoms with E-state index in [0.717, 1.165) is 51.4 Å². The van der Waals surface area contributed by atoms with Crippen molar-refractivity contribution in [1.29, 1.82) is 0 Å². The first-order valence-electron chi connectivity index (χ1n) is 20.3. The maximum absolute atomic E-state index is 12.2. The zero-order valence-electron chi connectivity index (χ0n) is 34.5. The van der Waals surface area contributed by atoms with Crippen LogP contribution in [0, 0.1) is 17.8 Å². The molecule has 0 rings (SSSR count). The summed E-state index contributed by atoms with van der Waals surface area (Å²) < 4.78 is 21.3. The van der Waals surface area contributed by atoms with Crippen LogP contribution in [0.25, 0.3) is 0 Å². The highest BCUT2D eigenvalue weighted by atomic mass is 16.5. The predicted octanol–water partition coefficient (Wildman–Crippen LogP) is 1.30. The Bertz CT molecular complexity index is 1130. The van der Waals surface area contributed by atoms with Crippen LogP contribution in [0.1, 0.15) is 105 Å². The summed E-state index contributed by atoms with van der Waals surface area (Å²) in [6.45, 7) is 10.8. The first-order valence-corrected chi connectivity index (χ1v) is 20.3. The Balaban J connectivity index is 3.54. The fourth-order valence-corrected chi connectivity index (χ4v) is 5.03. The lowest BCUT2D eigenvalue weighted by atomic mass is 10.0.